The topological polar surface area (TPSA) is 94.2 Å². The Kier molecular flexibility index (Phi) is 5.75. The van der Waals surface area contributed by atoms with Crippen molar-refractivity contribution in [1.82, 2.24) is 4.90 Å². The number of hydrogen-bond acceptors (Lipinski definition) is 6. The minimum absolute atomic E-state index is 0.373. The number of carbonyl (C=O) groups is 2. The number of ether oxygens (including phenoxy) is 2. The first-order chi connectivity index (χ1) is 14.1. The molecular formula is C19H15BrF3N3O4. The molecule has 3 rings (SSSR count). The van der Waals surface area contributed by atoms with Crippen LogP contribution in [0.25, 0.3) is 0 Å². The second-order valence-corrected chi connectivity index (χ2v) is 7.13. The second kappa shape index (κ2) is 7.98. The first-order valence-corrected chi connectivity index (χ1v) is 9.20. The highest BCUT2D eigenvalue weighted by molar-refractivity contribution is 9.10. The lowest BCUT2D eigenvalue weighted by Gasteiger charge is -2.27. The van der Waals surface area contributed by atoms with Crippen molar-refractivity contribution >= 4 is 33.8 Å². The van der Waals surface area contributed by atoms with Crippen molar-refractivity contribution in [3.05, 3.63) is 64.1 Å². The molecule has 2 aromatic carbocycles. The summed E-state index contributed by atoms with van der Waals surface area (Å²) in [7, 11) is 1.45. The number of alkyl halides is 3. The molecule has 1 unspecified atom stereocenters. The molecule has 0 saturated heterocycles. The van der Waals surface area contributed by atoms with Crippen molar-refractivity contribution in [1.29, 1.82) is 0 Å². The number of rotatable bonds is 5. The first kappa shape index (κ1) is 21.6. The Labute approximate surface area is 177 Å². The standard InChI is InChI=1S/C19H15BrF3N3O4/c1-29-14-7-3-5-12(9-14)18(11-4-2-6-13(20)8-11)15(27)26(17(24)25-18)10-30-16(28)19(21,22)23/h2-9H,10H2,1H3,(H2,24,25). The van der Waals surface area contributed by atoms with Crippen molar-refractivity contribution < 1.29 is 32.2 Å². The number of carbonyl (C=O) groups excluding carboxylic acids is 2. The third-order valence-electron chi connectivity index (χ3n) is 4.40. The predicted molar refractivity (Wildman–Crippen MR) is 103 cm³/mol. The maximum atomic E-state index is 13.4. The number of amides is 1. The Hall–Kier alpha value is -3.08. The van der Waals surface area contributed by atoms with Crippen molar-refractivity contribution in [2.75, 3.05) is 13.8 Å². The van der Waals surface area contributed by atoms with E-state index in [2.05, 4.69) is 25.7 Å². The lowest BCUT2D eigenvalue weighted by Crippen LogP contribution is -2.45. The molecule has 0 aromatic heterocycles. The average Bonchev–Trinajstić information content (AvgIpc) is 2.96. The first-order valence-electron chi connectivity index (χ1n) is 8.41. The largest absolute Gasteiger partial charge is 0.497 e. The minimum Gasteiger partial charge on any atom is -0.497 e. The van der Waals surface area contributed by atoms with E-state index in [-0.39, 0.29) is 0 Å². The molecule has 0 aliphatic carbocycles. The van der Waals surface area contributed by atoms with Gasteiger partial charge in [0.25, 0.3) is 5.91 Å². The van der Waals surface area contributed by atoms with Gasteiger partial charge in [0, 0.05) is 4.47 Å². The highest BCUT2D eigenvalue weighted by atomic mass is 79.9. The zero-order chi connectivity index (χ0) is 22.1. The van der Waals surface area contributed by atoms with Gasteiger partial charge in [-0.15, -0.1) is 0 Å². The molecule has 30 heavy (non-hydrogen) atoms. The van der Waals surface area contributed by atoms with Crippen molar-refractivity contribution in [2.45, 2.75) is 11.7 Å². The molecule has 0 saturated carbocycles. The molecule has 11 heteroatoms. The maximum Gasteiger partial charge on any atom is 0.490 e. The van der Waals surface area contributed by atoms with E-state index in [0.717, 1.165) is 0 Å². The molecule has 0 spiro atoms. The summed E-state index contributed by atoms with van der Waals surface area (Å²) >= 11 is 3.33. The van der Waals surface area contributed by atoms with Crippen molar-refractivity contribution in [3.63, 3.8) is 0 Å². The van der Waals surface area contributed by atoms with Gasteiger partial charge in [0.15, 0.2) is 12.3 Å². The monoisotopic (exact) mass is 485 g/mol. The molecule has 0 fully saturated rings. The van der Waals surface area contributed by atoms with Gasteiger partial charge in [-0.05, 0) is 35.4 Å². The Morgan fingerprint density at radius 3 is 2.43 bits per heavy atom. The van der Waals surface area contributed by atoms with Crippen LogP contribution in [-0.2, 0) is 19.9 Å². The van der Waals surface area contributed by atoms with Crippen LogP contribution in [0.2, 0.25) is 0 Å². The van der Waals surface area contributed by atoms with E-state index in [4.69, 9.17) is 10.5 Å². The fraction of sp³-hybridized carbons (Fsp3) is 0.211. The molecule has 1 aliphatic heterocycles. The molecule has 1 atom stereocenters. The van der Waals surface area contributed by atoms with Crippen LogP contribution in [0.3, 0.4) is 0 Å². The summed E-state index contributed by atoms with van der Waals surface area (Å²) in [5.74, 6) is -3.17. The Balaban J connectivity index is 2.07. The number of halogens is 4. The van der Waals surface area contributed by atoms with E-state index >= 15 is 0 Å². The molecule has 1 amide bonds. The van der Waals surface area contributed by atoms with Gasteiger partial charge in [0.2, 0.25) is 5.96 Å². The molecule has 2 N–H and O–H groups in total. The summed E-state index contributed by atoms with van der Waals surface area (Å²) in [5, 5.41) is 0. The zero-order valence-electron chi connectivity index (χ0n) is 15.4. The predicted octanol–water partition coefficient (Wildman–Crippen LogP) is 2.92. The second-order valence-electron chi connectivity index (χ2n) is 6.21. The highest BCUT2D eigenvalue weighted by Crippen LogP contribution is 2.41. The van der Waals surface area contributed by atoms with Crippen LogP contribution in [0, 0.1) is 0 Å². The Morgan fingerprint density at radius 1 is 1.20 bits per heavy atom. The quantitative estimate of drug-likeness (QED) is 0.657. The van der Waals surface area contributed by atoms with Gasteiger partial charge in [-0.25, -0.2) is 14.7 Å². The lowest BCUT2D eigenvalue weighted by molar-refractivity contribution is -0.202. The van der Waals surface area contributed by atoms with Crippen LogP contribution in [-0.4, -0.2) is 42.8 Å². The van der Waals surface area contributed by atoms with Gasteiger partial charge < -0.3 is 15.2 Å². The van der Waals surface area contributed by atoms with Gasteiger partial charge in [-0.1, -0.05) is 40.2 Å². The van der Waals surface area contributed by atoms with Crippen LogP contribution < -0.4 is 10.5 Å². The maximum absolute atomic E-state index is 13.4. The van der Waals surface area contributed by atoms with Crippen LogP contribution in [0.5, 0.6) is 5.75 Å². The number of nitrogens with zero attached hydrogens (tertiary/aromatic N) is 2. The summed E-state index contributed by atoms with van der Waals surface area (Å²) in [5.41, 5.74) is 4.94. The highest BCUT2D eigenvalue weighted by Gasteiger charge is 2.52. The summed E-state index contributed by atoms with van der Waals surface area (Å²) in [6.45, 7) is -1.04. The van der Waals surface area contributed by atoms with E-state index in [0.29, 0.717) is 26.2 Å². The summed E-state index contributed by atoms with van der Waals surface area (Å²) in [4.78, 5) is 29.5. The Morgan fingerprint density at radius 2 is 1.83 bits per heavy atom. The molecule has 2 aromatic rings. The average molecular weight is 486 g/mol. The van der Waals surface area contributed by atoms with E-state index in [1.165, 1.54) is 7.11 Å². The van der Waals surface area contributed by atoms with Gasteiger partial charge >= 0.3 is 12.1 Å². The number of benzene rings is 2. The van der Waals surface area contributed by atoms with E-state index in [1.807, 2.05) is 0 Å². The fourth-order valence-electron chi connectivity index (χ4n) is 3.01. The summed E-state index contributed by atoms with van der Waals surface area (Å²) < 4.78 is 47.5. The number of guanidine groups is 1. The van der Waals surface area contributed by atoms with E-state index in [9.17, 15) is 22.8 Å². The van der Waals surface area contributed by atoms with E-state index < -0.39 is 36.3 Å². The number of aliphatic imine (C=N–C) groups is 1. The van der Waals surface area contributed by atoms with E-state index in [1.54, 1.807) is 48.5 Å². The third-order valence-corrected chi connectivity index (χ3v) is 4.89. The normalized spacial score (nSPS) is 18.9. The smallest absolute Gasteiger partial charge is 0.490 e. The number of nitrogens with two attached hydrogens (primary N) is 1. The summed E-state index contributed by atoms with van der Waals surface area (Å²) in [6.07, 6.45) is -5.21. The van der Waals surface area contributed by atoms with Crippen LogP contribution >= 0.6 is 15.9 Å². The number of hydrogen-bond donors (Lipinski definition) is 1. The molecule has 0 bridgehead atoms. The zero-order valence-corrected chi connectivity index (χ0v) is 17.0. The van der Waals surface area contributed by atoms with Gasteiger partial charge in [0.05, 0.1) is 7.11 Å². The Bertz CT molecular complexity index is 1030. The van der Waals surface area contributed by atoms with Crippen LogP contribution in [0.4, 0.5) is 13.2 Å². The molecule has 7 nitrogen and oxygen atoms in total. The van der Waals surface area contributed by atoms with Gasteiger partial charge in [0.1, 0.15) is 5.75 Å². The van der Waals surface area contributed by atoms with Crippen LogP contribution in [0.15, 0.2) is 58.0 Å². The van der Waals surface area contributed by atoms with Crippen LogP contribution in [0.1, 0.15) is 11.1 Å². The SMILES string of the molecule is COc1cccc(C2(c3cccc(Br)c3)N=C(N)N(COC(=O)C(F)(F)F)C2=O)c1. The molecule has 1 heterocycles. The molecule has 1 aliphatic rings. The van der Waals surface area contributed by atoms with Gasteiger partial charge in [-0.2, -0.15) is 13.2 Å². The number of methoxy groups -OCH3 is 1. The lowest BCUT2D eigenvalue weighted by atomic mass is 9.83. The summed E-state index contributed by atoms with van der Waals surface area (Å²) in [6, 6.07) is 13.2. The van der Waals surface area contributed by atoms with Crippen molar-refractivity contribution in [2.24, 2.45) is 10.7 Å². The molecule has 158 valence electrons. The number of esters is 1. The fourth-order valence-corrected chi connectivity index (χ4v) is 3.41. The molecule has 0 radical (unpaired) electrons. The van der Waals surface area contributed by atoms with Crippen molar-refractivity contribution in [3.8, 4) is 5.75 Å². The minimum atomic E-state index is -5.21. The molecular weight excluding hydrogens is 471 g/mol. The third kappa shape index (κ3) is 3.84. The van der Waals surface area contributed by atoms with Gasteiger partial charge in [-0.3, -0.25) is 4.79 Å².